The summed E-state index contributed by atoms with van der Waals surface area (Å²) in [6.45, 7) is 3.23. The Morgan fingerprint density at radius 1 is 1.14 bits per heavy atom. The lowest BCUT2D eigenvalue weighted by atomic mass is 10.1. The largest absolute Gasteiger partial charge is 0.334 e. The molecule has 1 aliphatic rings. The van der Waals surface area contributed by atoms with Crippen LogP contribution in [0.3, 0.4) is 0 Å². The van der Waals surface area contributed by atoms with Crippen LogP contribution in [-0.2, 0) is 14.4 Å². The molecule has 0 saturated carbocycles. The Morgan fingerprint density at radius 2 is 1.81 bits per heavy atom. The number of rotatable bonds is 3. The summed E-state index contributed by atoms with van der Waals surface area (Å²) in [6, 6.07) is 4.76. The minimum atomic E-state index is -0.987. The molecule has 7 heteroatoms. The highest BCUT2D eigenvalue weighted by atomic mass is 16.2. The van der Waals surface area contributed by atoms with Crippen molar-refractivity contribution < 1.29 is 19.2 Å². The summed E-state index contributed by atoms with van der Waals surface area (Å²) in [5, 5.41) is 2.63. The highest BCUT2D eigenvalue weighted by Crippen LogP contribution is 2.17. The third-order valence-electron chi connectivity index (χ3n) is 3.22. The molecule has 1 heterocycles. The van der Waals surface area contributed by atoms with Crippen molar-refractivity contribution in [1.29, 1.82) is 0 Å². The quantitative estimate of drug-likeness (QED) is 0.654. The molecule has 1 aliphatic heterocycles. The maximum atomic E-state index is 11.9. The number of carbonyl (C=O) groups is 4. The second-order valence-corrected chi connectivity index (χ2v) is 4.90. The molecule has 0 aliphatic carbocycles. The van der Waals surface area contributed by atoms with Crippen molar-refractivity contribution in [2.45, 2.75) is 13.8 Å². The second-order valence-electron chi connectivity index (χ2n) is 4.90. The van der Waals surface area contributed by atoms with Gasteiger partial charge in [0, 0.05) is 12.7 Å². The Balaban J connectivity index is 2.09. The highest BCUT2D eigenvalue weighted by Gasteiger charge is 2.42. The van der Waals surface area contributed by atoms with Crippen LogP contribution in [0.15, 0.2) is 18.2 Å². The number of nitrogens with one attached hydrogen (secondary N) is 1. The van der Waals surface area contributed by atoms with E-state index < -0.39 is 30.3 Å². The zero-order valence-corrected chi connectivity index (χ0v) is 12.0. The molecule has 110 valence electrons. The lowest BCUT2D eigenvalue weighted by molar-refractivity contribution is -0.143. The van der Waals surface area contributed by atoms with Crippen molar-refractivity contribution in [3.8, 4) is 0 Å². The van der Waals surface area contributed by atoms with Gasteiger partial charge in [-0.05, 0) is 31.0 Å². The van der Waals surface area contributed by atoms with Crippen LogP contribution in [0.25, 0.3) is 0 Å². The Kier molecular flexibility index (Phi) is 3.75. The number of carbonyl (C=O) groups excluding carboxylic acids is 4. The molecule has 7 nitrogen and oxygen atoms in total. The highest BCUT2D eigenvalue weighted by molar-refractivity contribution is 6.44. The maximum Gasteiger partial charge on any atom is 0.334 e. The number of amides is 5. The first-order valence-electron chi connectivity index (χ1n) is 6.32. The van der Waals surface area contributed by atoms with Gasteiger partial charge in [-0.3, -0.25) is 19.3 Å². The molecule has 0 unspecified atom stereocenters. The lowest BCUT2D eigenvalue weighted by Crippen LogP contribution is -2.38. The van der Waals surface area contributed by atoms with Gasteiger partial charge in [0.25, 0.3) is 0 Å². The van der Waals surface area contributed by atoms with Crippen molar-refractivity contribution in [2.75, 3.05) is 18.9 Å². The summed E-state index contributed by atoms with van der Waals surface area (Å²) < 4.78 is 0. The monoisotopic (exact) mass is 289 g/mol. The van der Waals surface area contributed by atoms with Crippen molar-refractivity contribution in [3.63, 3.8) is 0 Å². The van der Waals surface area contributed by atoms with Gasteiger partial charge in [-0.1, -0.05) is 12.1 Å². The summed E-state index contributed by atoms with van der Waals surface area (Å²) in [6.07, 6.45) is 0. The number of hydrogen-bond acceptors (Lipinski definition) is 4. The molecule has 1 N–H and O–H groups in total. The summed E-state index contributed by atoms with van der Waals surface area (Å²) in [4.78, 5) is 47.8. The maximum absolute atomic E-state index is 11.9. The molecular weight excluding hydrogens is 274 g/mol. The molecule has 0 atom stereocenters. The standard InChI is InChI=1S/C14H15N3O4/c1-8-4-5-9(2)10(6-8)15-11(18)7-17-13(20)12(19)16(3)14(17)21/h4-6H,7H2,1-3H3,(H,15,18). The molecule has 2 rings (SSSR count). The average Bonchev–Trinajstić information content (AvgIpc) is 2.61. The fraction of sp³-hybridized carbons (Fsp3) is 0.286. The topological polar surface area (TPSA) is 86.8 Å². The predicted molar refractivity (Wildman–Crippen MR) is 74.4 cm³/mol. The molecule has 5 amide bonds. The predicted octanol–water partition coefficient (Wildman–Crippen LogP) is 0.663. The summed E-state index contributed by atoms with van der Waals surface area (Å²) >= 11 is 0. The molecule has 0 aromatic heterocycles. The van der Waals surface area contributed by atoms with Gasteiger partial charge < -0.3 is 5.32 Å². The molecule has 1 fully saturated rings. The van der Waals surface area contributed by atoms with E-state index in [0.717, 1.165) is 11.1 Å². The third kappa shape index (κ3) is 2.76. The van der Waals surface area contributed by atoms with Crippen LogP contribution < -0.4 is 5.32 Å². The van der Waals surface area contributed by atoms with Gasteiger partial charge in [0.05, 0.1) is 0 Å². The number of aryl methyl sites for hydroxylation is 2. The number of hydrogen-bond donors (Lipinski definition) is 1. The number of imide groups is 2. The zero-order valence-electron chi connectivity index (χ0n) is 12.0. The van der Waals surface area contributed by atoms with Gasteiger partial charge in [-0.2, -0.15) is 0 Å². The fourth-order valence-corrected chi connectivity index (χ4v) is 1.96. The van der Waals surface area contributed by atoms with Gasteiger partial charge >= 0.3 is 17.8 Å². The van der Waals surface area contributed by atoms with Crippen LogP contribution >= 0.6 is 0 Å². The van der Waals surface area contributed by atoms with Crippen LogP contribution in [0.1, 0.15) is 11.1 Å². The first kappa shape index (κ1) is 14.7. The Bertz CT molecular complexity index is 654. The van der Waals surface area contributed by atoms with Crippen LogP contribution in [0, 0.1) is 13.8 Å². The van der Waals surface area contributed by atoms with E-state index in [4.69, 9.17) is 0 Å². The number of anilines is 1. The summed E-state index contributed by atoms with van der Waals surface area (Å²) in [5.41, 5.74) is 2.44. The summed E-state index contributed by atoms with van der Waals surface area (Å²) in [7, 11) is 1.20. The van der Waals surface area contributed by atoms with Crippen LogP contribution in [0.5, 0.6) is 0 Å². The molecule has 1 saturated heterocycles. The molecular formula is C14H15N3O4. The summed E-state index contributed by atoms with van der Waals surface area (Å²) in [5.74, 6) is -2.45. The lowest BCUT2D eigenvalue weighted by Gasteiger charge is -2.14. The fourth-order valence-electron chi connectivity index (χ4n) is 1.96. The Hall–Kier alpha value is -2.70. The third-order valence-corrected chi connectivity index (χ3v) is 3.22. The van der Waals surface area contributed by atoms with Crippen LogP contribution in [0.2, 0.25) is 0 Å². The van der Waals surface area contributed by atoms with E-state index in [9.17, 15) is 19.2 Å². The van der Waals surface area contributed by atoms with E-state index in [0.29, 0.717) is 15.5 Å². The first-order chi connectivity index (χ1) is 9.81. The number of nitrogens with zero attached hydrogens (tertiary/aromatic N) is 2. The Labute approximate surface area is 121 Å². The minimum absolute atomic E-state index is 0.485. The van der Waals surface area contributed by atoms with E-state index in [1.165, 1.54) is 7.05 Å². The number of likely N-dealkylation sites (N-methyl/N-ethyl adjacent to an activating group) is 1. The van der Waals surface area contributed by atoms with E-state index in [2.05, 4.69) is 5.32 Å². The molecule has 1 aromatic carbocycles. The SMILES string of the molecule is Cc1ccc(C)c(NC(=O)CN2C(=O)C(=O)N(C)C2=O)c1. The van der Waals surface area contributed by atoms with Gasteiger partial charge in [0.1, 0.15) is 6.54 Å². The molecule has 0 spiro atoms. The zero-order chi connectivity index (χ0) is 15.7. The molecule has 1 aromatic rings. The van der Waals surface area contributed by atoms with Crippen molar-refractivity contribution >= 4 is 29.4 Å². The van der Waals surface area contributed by atoms with Crippen LogP contribution in [0.4, 0.5) is 10.5 Å². The molecule has 21 heavy (non-hydrogen) atoms. The van der Waals surface area contributed by atoms with Gasteiger partial charge in [-0.15, -0.1) is 0 Å². The van der Waals surface area contributed by atoms with E-state index in [1.54, 1.807) is 6.07 Å². The first-order valence-corrected chi connectivity index (χ1v) is 6.32. The minimum Gasteiger partial charge on any atom is -0.324 e. The number of benzene rings is 1. The van der Waals surface area contributed by atoms with Crippen molar-refractivity contribution in [2.24, 2.45) is 0 Å². The smallest absolute Gasteiger partial charge is 0.324 e. The van der Waals surface area contributed by atoms with Gasteiger partial charge in [0.15, 0.2) is 0 Å². The molecule has 0 radical (unpaired) electrons. The van der Waals surface area contributed by atoms with Gasteiger partial charge in [0.2, 0.25) is 5.91 Å². The van der Waals surface area contributed by atoms with Gasteiger partial charge in [-0.25, -0.2) is 9.69 Å². The van der Waals surface area contributed by atoms with Crippen molar-refractivity contribution in [3.05, 3.63) is 29.3 Å². The van der Waals surface area contributed by atoms with Crippen molar-refractivity contribution in [1.82, 2.24) is 9.80 Å². The van der Waals surface area contributed by atoms with E-state index in [-0.39, 0.29) is 0 Å². The molecule has 0 bridgehead atoms. The Morgan fingerprint density at radius 3 is 2.38 bits per heavy atom. The number of urea groups is 1. The second kappa shape index (κ2) is 5.35. The van der Waals surface area contributed by atoms with E-state index >= 15 is 0 Å². The average molecular weight is 289 g/mol. The van der Waals surface area contributed by atoms with E-state index in [1.807, 2.05) is 26.0 Å². The van der Waals surface area contributed by atoms with Crippen LogP contribution in [-0.4, -0.2) is 47.1 Å². The normalized spacial score (nSPS) is 14.9.